The van der Waals surface area contributed by atoms with Gasteiger partial charge in [-0.1, -0.05) is 29.8 Å². The van der Waals surface area contributed by atoms with Crippen molar-refractivity contribution in [2.45, 2.75) is 32.2 Å². The van der Waals surface area contributed by atoms with E-state index in [9.17, 15) is 0 Å². The first kappa shape index (κ1) is 9.41. The van der Waals surface area contributed by atoms with Crippen LogP contribution in [0.25, 0.3) is 0 Å². The number of fused-ring (bicyclic) bond motifs is 1. The van der Waals surface area contributed by atoms with Crippen molar-refractivity contribution >= 4 is 0 Å². The fourth-order valence-electron chi connectivity index (χ4n) is 3.20. The minimum Gasteiger partial charge on any atom is -0.324 e. The van der Waals surface area contributed by atoms with E-state index in [1.165, 1.54) is 30.4 Å². The van der Waals surface area contributed by atoms with E-state index in [0.29, 0.717) is 0 Å². The van der Waals surface area contributed by atoms with Crippen LogP contribution >= 0.6 is 0 Å². The molecule has 0 bridgehead atoms. The number of hydrogen-bond donors (Lipinski definition) is 1. The molecule has 0 saturated heterocycles. The Kier molecular flexibility index (Phi) is 2.10. The molecule has 2 aliphatic carbocycles. The first-order chi connectivity index (χ1) is 7.24. The molecule has 3 atom stereocenters. The molecular weight excluding hydrogens is 182 g/mol. The van der Waals surface area contributed by atoms with Crippen molar-refractivity contribution in [2.75, 3.05) is 0 Å². The Labute approximate surface area is 91.7 Å². The highest BCUT2D eigenvalue weighted by Crippen LogP contribution is 2.56. The maximum Gasteiger partial charge on any atom is 0.0323 e. The normalized spacial score (nSPS) is 34.9. The summed E-state index contributed by atoms with van der Waals surface area (Å²) in [5.74, 6) is 2.81. The van der Waals surface area contributed by atoms with E-state index in [0.717, 1.165) is 17.8 Å². The van der Waals surface area contributed by atoms with Crippen molar-refractivity contribution in [3.8, 4) is 0 Å². The van der Waals surface area contributed by atoms with Crippen LogP contribution in [0.15, 0.2) is 24.3 Å². The molecule has 0 aromatic heterocycles. The molecule has 3 rings (SSSR count). The highest BCUT2D eigenvalue weighted by molar-refractivity contribution is 5.26. The lowest BCUT2D eigenvalue weighted by atomic mass is 9.89. The molecule has 1 nitrogen and oxygen atoms in total. The van der Waals surface area contributed by atoms with Crippen LogP contribution in [0.4, 0.5) is 0 Å². The van der Waals surface area contributed by atoms with Gasteiger partial charge in [0, 0.05) is 6.04 Å². The van der Waals surface area contributed by atoms with Gasteiger partial charge in [-0.15, -0.1) is 0 Å². The van der Waals surface area contributed by atoms with Gasteiger partial charge in [-0.25, -0.2) is 0 Å². The summed E-state index contributed by atoms with van der Waals surface area (Å²) in [5.41, 5.74) is 9.01. The summed E-state index contributed by atoms with van der Waals surface area (Å²) in [6.07, 6.45) is 4.23. The topological polar surface area (TPSA) is 26.0 Å². The third-order valence-electron chi connectivity index (χ3n) is 4.21. The molecule has 1 heteroatoms. The molecule has 3 unspecified atom stereocenters. The fraction of sp³-hybridized carbons (Fsp3) is 0.571. The molecule has 2 fully saturated rings. The summed E-state index contributed by atoms with van der Waals surface area (Å²) < 4.78 is 0. The molecule has 0 heterocycles. The Hall–Kier alpha value is -0.820. The number of aryl methyl sites for hydroxylation is 1. The molecule has 0 radical (unpaired) electrons. The van der Waals surface area contributed by atoms with Crippen molar-refractivity contribution in [1.82, 2.24) is 0 Å². The monoisotopic (exact) mass is 201 g/mol. The van der Waals surface area contributed by atoms with Gasteiger partial charge in [0.25, 0.3) is 0 Å². The highest BCUT2D eigenvalue weighted by Gasteiger charge is 2.47. The van der Waals surface area contributed by atoms with Gasteiger partial charge in [0.2, 0.25) is 0 Å². The number of benzene rings is 1. The maximum atomic E-state index is 6.35. The first-order valence-corrected chi connectivity index (χ1v) is 6.06. The average molecular weight is 201 g/mol. The van der Waals surface area contributed by atoms with Crippen LogP contribution in [0.1, 0.15) is 36.4 Å². The molecule has 0 spiro atoms. The zero-order valence-corrected chi connectivity index (χ0v) is 9.32. The van der Waals surface area contributed by atoms with Crippen molar-refractivity contribution in [1.29, 1.82) is 0 Å². The molecule has 15 heavy (non-hydrogen) atoms. The summed E-state index contributed by atoms with van der Waals surface area (Å²) in [6, 6.07) is 8.97. The molecule has 80 valence electrons. The average Bonchev–Trinajstić information content (AvgIpc) is 2.85. The highest BCUT2D eigenvalue weighted by atomic mass is 14.7. The summed E-state index contributed by atoms with van der Waals surface area (Å²) in [7, 11) is 0. The van der Waals surface area contributed by atoms with Crippen LogP contribution in [-0.4, -0.2) is 0 Å². The van der Waals surface area contributed by atoms with Crippen molar-refractivity contribution in [3.05, 3.63) is 35.4 Å². The second-order valence-electron chi connectivity index (χ2n) is 5.43. The lowest BCUT2D eigenvalue weighted by molar-refractivity contribution is 0.404. The third kappa shape index (κ3) is 1.69. The minimum atomic E-state index is 0.276. The van der Waals surface area contributed by atoms with Crippen LogP contribution in [0.2, 0.25) is 0 Å². The van der Waals surface area contributed by atoms with Gasteiger partial charge in [-0.2, -0.15) is 0 Å². The minimum absolute atomic E-state index is 0.276. The third-order valence-corrected chi connectivity index (χ3v) is 4.21. The fourth-order valence-corrected chi connectivity index (χ4v) is 3.20. The predicted molar refractivity (Wildman–Crippen MR) is 62.4 cm³/mol. The van der Waals surface area contributed by atoms with Gasteiger partial charge in [-0.3, -0.25) is 0 Å². The molecule has 0 aliphatic heterocycles. The van der Waals surface area contributed by atoms with Crippen LogP contribution < -0.4 is 5.73 Å². The van der Waals surface area contributed by atoms with E-state index in [-0.39, 0.29) is 6.04 Å². The molecule has 2 aliphatic rings. The molecule has 2 N–H and O–H groups in total. The Balaban J connectivity index is 1.76. The largest absolute Gasteiger partial charge is 0.324 e. The van der Waals surface area contributed by atoms with Crippen molar-refractivity contribution < 1.29 is 0 Å². The lowest BCUT2D eigenvalue weighted by Crippen LogP contribution is -2.20. The second kappa shape index (κ2) is 3.34. The van der Waals surface area contributed by atoms with E-state index >= 15 is 0 Å². The Bertz CT molecular complexity index is 361. The number of hydrogen-bond acceptors (Lipinski definition) is 1. The van der Waals surface area contributed by atoms with Crippen LogP contribution in [0, 0.1) is 24.7 Å². The zero-order valence-electron chi connectivity index (χ0n) is 9.32. The van der Waals surface area contributed by atoms with Gasteiger partial charge in [-0.05, 0) is 49.5 Å². The molecule has 0 amide bonds. The number of nitrogens with two attached hydrogens (primary N) is 1. The Morgan fingerprint density at radius 1 is 1.20 bits per heavy atom. The van der Waals surface area contributed by atoms with Gasteiger partial charge in [0.05, 0.1) is 0 Å². The summed E-state index contributed by atoms with van der Waals surface area (Å²) >= 11 is 0. The van der Waals surface area contributed by atoms with E-state index in [2.05, 4.69) is 31.2 Å². The zero-order chi connectivity index (χ0) is 10.4. The van der Waals surface area contributed by atoms with Crippen LogP contribution in [0.5, 0.6) is 0 Å². The van der Waals surface area contributed by atoms with Crippen molar-refractivity contribution in [2.24, 2.45) is 23.5 Å². The first-order valence-electron chi connectivity index (χ1n) is 6.06. The SMILES string of the molecule is Cc1cccc(C(N)C2CC3CC3C2)c1. The van der Waals surface area contributed by atoms with Crippen LogP contribution in [-0.2, 0) is 0 Å². The quantitative estimate of drug-likeness (QED) is 0.782. The molecule has 2 saturated carbocycles. The van der Waals surface area contributed by atoms with E-state index in [4.69, 9.17) is 5.73 Å². The summed E-state index contributed by atoms with van der Waals surface area (Å²) in [4.78, 5) is 0. The Morgan fingerprint density at radius 2 is 1.93 bits per heavy atom. The van der Waals surface area contributed by atoms with Gasteiger partial charge < -0.3 is 5.73 Å². The maximum absolute atomic E-state index is 6.35. The molecular formula is C14H19N. The smallest absolute Gasteiger partial charge is 0.0323 e. The van der Waals surface area contributed by atoms with Gasteiger partial charge in [0.15, 0.2) is 0 Å². The van der Waals surface area contributed by atoms with Gasteiger partial charge in [0.1, 0.15) is 0 Å². The Morgan fingerprint density at radius 3 is 2.60 bits per heavy atom. The van der Waals surface area contributed by atoms with E-state index < -0.39 is 0 Å². The van der Waals surface area contributed by atoms with E-state index in [1.54, 1.807) is 0 Å². The summed E-state index contributed by atoms with van der Waals surface area (Å²) in [6.45, 7) is 2.14. The second-order valence-corrected chi connectivity index (χ2v) is 5.43. The van der Waals surface area contributed by atoms with E-state index in [1.807, 2.05) is 0 Å². The predicted octanol–water partition coefficient (Wildman–Crippen LogP) is 3.04. The molecule has 1 aromatic carbocycles. The molecule has 1 aromatic rings. The summed E-state index contributed by atoms with van der Waals surface area (Å²) in [5, 5.41) is 0. The van der Waals surface area contributed by atoms with Crippen molar-refractivity contribution in [3.63, 3.8) is 0 Å². The standard InChI is InChI=1S/C14H19N/c1-9-3-2-4-10(5-9)14(15)13-7-11-6-12(11)8-13/h2-5,11-14H,6-8,15H2,1H3. The van der Waals surface area contributed by atoms with Gasteiger partial charge >= 0.3 is 0 Å². The van der Waals surface area contributed by atoms with Crippen LogP contribution in [0.3, 0.4) is 0 Å². The lowest BCUT2D eigenvalue weighted by Gasteiger charge is -2.21. The number of rotatable bonds is 2.